The molecule has 3 aromatic heterocycles. The molecule has 10 heteroatoms. The molecule has 1 unspecified atom stereocenters. The number of fused-ring (bicyclic) bond motifs is 1. The summed E-state index contributed by atoms with van der Waals surface area (Å²) in [7, 11) is 0. The molecule has 1 N–H and O–H groups in total. The minimum Gasteiger partial charge on any atom is -0.391 e. The summed E-state index contributed by atoms with van der Waals surface area (Å²) in [4.78, 5) is 13.6. The predicted molar refractivity (Wildman–Crippen MR) is 91.9 cm³/mol. The molecule has 0 amide bonds. The van der Waals surface area contributed by atoms with Crippen LogP contribution in [0.5, 0.6) is 0 Å². The molecule has 3 aromatic rings. The summed E-state index contributed by atoms with van der Waals surface area (Å²) < 4.78 is 28.6. The van der Waals surface area contributed by atoms with Gasteiger partial charge in [-0.2, -0.15) is 8.78 Å². The Balaban J connectivity index is 1.89. The van der Waals surface area contributed by atoms with Crippen LogP contribution < -0.4 is 4.90 Å². The van der Waals surface area contributed by atoms with Gasteiger partial charge in [-0.3, -0.25) is 0 Å². The van der Waals surface area contributed by atoms with Gasteiger partial charge in [0.25, 0.3) is 0 Å². The summed E-state index contributed by atoms with van der Waals surface area (Å²) in [5.41, 5.74) is 0.588. The number of rotatable bonds is 3. The highest BCUT2D eigenvalue weighted by Gasteiger charge is 2.29. The number of anilines is 1. The summed E-state index contributed by atoms with van der Waals surface area (Å²) >= 11 is 6.02. The summed E-state index contributed by atoms with van der Waals surface area (Å²) in [6, 6.07) is 3.10. The van der Waals surface area contributed by atoms with Gasteiger partial charge in [-0.1, -0.05) is 11.6 Å². The van der Waals surface area contributed by atoms with Crippen molar-refractivity contribution < 1.29 is 13.9 Å². The largest absolute Gasteiger partial charge is 0.391 e. The van der Waals surface area contributed by atoms with Gasteiger partial charge in [0.05, 0.1) is 17.0 Å². The fraction of sp³-hybridized carbons (Fsp3) is 0.375. The standard InChI is InChI=1S/C16H15ClF2N6O/c1-16(18,19)15-20-4-2-13(22-15)25-11-6-12(17)21-7-10(11)14(23-25)24-5-3-9(26)8-24/h2,4,6-7,9,26H,3,5,8H2,1H3. The third-order valence-electron chi connectivity index (χ3n) is 4.23. The van der Waals surface area contributed by atoms with Crippen molar-refractivity contribution >= 4 is 28.3 Å². The van der Waals surface area contributed by atoms with Crippen LogP contribution in [0, 0.1) is 0 Å². The first-order valence-electron chi connectivity index (χ1n) is 8.02. The second-order valence-corrected chi connectivity index (χ2v) is 6.66. The van der Waals surface area contributed by atoms with E-state index in [1.54, 1.807) is 12.3 Å². The second-order valence-electron chi connectivity index (χ2n) is 6.27. The molecule has 0 aromatic carbocycles. The van der Waals surface area contributed by atoms with E-state index in [4.69, 9.17) is 11.6 Å². The minimum atomic E-state index is -3.17. The number of hydrogen-bond donors (Lipinski definition) is 1. The molecule has 4 rings (SSSR count). The van der Waals surface area contributed by atoms with Crippen LogP contribution in [0.25, 0.3) is 16.7 Å². The highest BCUT2D eigenvalue weighted by molar-refractivity contribution is 6.30. The highest BCUT2D eigenvalue weighted by Crippen LogP contribution is 2.31. The van der Waals surface area contributed by atoms with E-state index in [-0.39, 0.29) is 11.0 Å². The Morgan fingerprint density at radius 3 is 2.85 bits per heavy atom. The maximum atomic E-state index is 13.6. The van der Waals surface area contributed by atoms with Crippen LogP contribution in [0.15, 0.2) is 24.5 Å². The van der Waals surface area contributed by atoms with Crippen molar-refractivity contribution in [3.63, 3.8) is 0 Å². The van der Waals surface area contributed by atoms with Gasteiger partial charge in [0, 0.05) is 44.5 Å². The summed E-state index contributed by atoms with van der Waals surface area (Å²) in [5, 5.41) is 15.3. The van der Waals surface area contributed by atoms with Crippen molar-refractivity contribution in [1.82, 2.24) is 24.7 Å². The SMILES string of the molecule is CC(F)(F)c1nccc(-n2nc(N3CCC(O)C3)c3cnc(Cl)cc32)n1. The zero-order chi connectivity index (χ0) is 18.5. The molecule has 1 aliphatic heterocycles. The Kier molecular flexibility index (Phi) is 4.00. The van der Waals surface area contributed by atoms with Gasteiger partial charge in [-0.05, 0) is 6.42 Å². The van der Waals surface area contributed by atoms with Crippen LogP contribution in [0.3, 0.4) is 0 Å². The number of pyridine rings is 1. The number of nitrogens with zero attached hydrogens (tertiary/aromatic N) is 6. The molecule has 0 bridgehead atoms. The van der Waals surface area contributed by atoms with E-state index in [2.05, 4.69) is 20.1 Å². The first kappa shape index (κ1) is 17.0. The van der Waals surface area contributed by atoms with Gasteiger partial charge in [-0.15, -0.1) is 5.10 Å². The summed E-state index contributed by atoms with van der Waals surface area (Å²) in [5.74, 6) is -2.95. The second kappa shape index (κ2) is 6.10. The first-order valence-corrected chi connectivity index (χ1v) is 8.40. The molecule has 7 nitrogen and oxygen atoms in total. The third kappa shape index (κ3) is 2.97. The van der Waals surface area contributed by atoms with Crippen LogP contribution in [0.2, 0.25) is 5.15 Å². The van der Waals surface area contributed by atoms with Crippen molar-refractivity contribution in [3.8, 4) is 5.82 Å². The number of aromatic nitrogens is 5. The maximum Gasteiger partial charge on any atom is 0.303 e. The van der Waals surface area contributed by atoms with Crippen molar-refractivity contribution in [3.05, 3.63) is 35.5 Å². The number of β-amino-alcohol motifs (C(OH)–C–C–N with tert-alkyl or cyclic N) is 1. The molecule has 0 radical (unpaired) electrons. The number of halogens is 3. The summed E-state index contributed by atoms with van der Waals surface area (Å²) in [6.45, 7) is 1.82. The number of aliphatic hydroxyl groups excluding tert-OH is 1. The number of aliphatic hydroxyl groups is 1. The fourth-order valence-electron chi connectivity index (χ4n) is 2.99. The molecular formula is C16H15ClF2N6O. The Morgan fingerprint density at radius 1 is 1.35 bits per heavy atom. The maximum absolute atomic E-state index is 13.6. The van der Waals surface area contributed by atoms with E-state index in [9.17, 15) is 13.9 Å². The quantitative estimate of drug-likeness (QED) is 0.703. The molecule has 26 heavy (non-hydrogen) atoms. The minimum absolute atomic E-state index is 0.204. The zero-order valence-corrected chi connectivity index (χ0v) is 14.5. The van der Waals surface area contributed by atoms with Crippen molar-refractivity contribution in [1.29, 1.82) is 0 Å². The van der Waals surface area contributed by atoms with Crippen LogP contribution in [0.1, 0.15) is 19.2 Å². The zero-order valence-electron chi connectivity index (χ0n) is 13.8. The van der Waals surface area contributed by atoms with Crippen molar-refractivity contribution in [2.75, 3.05) is 18.0 Å². The normalized spacial score (nSPS) is 18.0. The number of alkyl halides is 2. The molecule has 0 spiro atoms. The Bertz CT molecular complexity index is 973. The lowest BCUT2D eigenvalue weighted by Gasteiger charge is -2.14. The van der Waals surface area contributed by atoms with Gasteiger partial charge < -0.3 is 10.0 Å². The van der Waals surface area contributed by atoms with Gasteiger partial charge >= 0.3 is 5.92 Å². The van der Waals surface area contributed by atoms with E-state index in [1.165, 1.54) is 16.9 Å². The lowest BCUT2D eigenvalue weighted by atomic mass is 10.3. The van der Waals surface area contributed by atoms with E-state index in [0.717, 1.165) is 6.92 Å². The summed E-state index contributed by atoms with van der Waals surface area (Å²) in [6.07, 6.45) is 3.05. The topological polar surface area (TPSA) is 80.0 Å². The molecule has 136 valence electrons. The van der Waals surface area contributed by atoms with Crippen LogP contribution in [0.4, 0.5) is 14.6 Å². The van der Waals surface area contributed by atoms with Crippen LogP contribution >= 0.6 is 11.6 Å². The molecular weight excluding hydrogens is 366 g/mol. The van der Waals surface area contributed by atoms with Crippen molar-refractivity contribution in [2.45, 2.75) is 25.4 Å². The molecule has 1 aliphatic rings. The first-order chi connectivity index (χ1) is 12.3. The lowest BCUT2D eigenvalue weighted by molar-refractivity contribution is 0.00763. The molecule has 1 fully saturated rings. The van der Waals surface area contributed by atoms with Gasteiger partial charge in [0.15, 0.2) is 11.6 Å². The van der Waals surface area contributed by atoms with Gasteiger partial charge in [0.2, 0.25) is 5.82 Å². The lowest BCUT2D eigenvalue weighted by Crippen LogP contribution is -2.22. The van der Waals surface area contributed by atoms with E-state index in [1.807, 2.05) is 4.90 Å². The van der Waals surface area contributed by atoms with E-state index < -0.39 is 17.9 Å². The molecule has 1 atom stereocenters. The van der Waals surface area contributed by atoms with Gasteiger partial charge in [-0.25, -0.2) is 19.6 Å². The molecule has 1 saturated heterocycles. The fourth-order valence-corrected chi connectivity index (χ4v) is 3.14. The Hall–Kier alpha value is -2.39. The highest BCUT2D eigenvalue weighted by atomic mass is 35.5. The molecule has 0 saturated carbocycles. The molecule has 4 heterocycles. The van der Waals surface area contributed by atoms with Gasteiger partial charge in [0.1, 0.15) is 5.15 Å². The van der Waals surface area contributed by atoms with E-state index in [0.29, 0.717) is 36.2 Å². The smallest absolute Gasteiger partial charge is 0.303 e. The average molecular weight is 381 g/mol. The predicted octanol–water partition coefficient (Wildman–Crippen LogP) is 2.55. The Labute approximate surface area is 152 Å². The average Bonchev–Trinajstić information content (AvgIpc) is 3.17. The molecule has 0 aliphatic carbocycles. The third-order valence-corrected chi connectivity index (χ3v) is 4.43. The monoisotopic (exact) mass is 380 g/mol. The van der Waals surface area contributed by atoms with Crippen LogP contribution in [-0.2, 0) is 5.92 Å². The van der Waals surface area contributed by atoms with E-state index >= 15 is 0 Å². The van der Waals surface area contributed by atoms with Crippen LogP contribution in [-0.4, -0.2) is 49.0 Å². The number of hydrogen-bond acceptors (Lipinski definition) is 6. The Morgan fingerprint density at radius 2 is 2.15 bits per heavy atom. The van der Waals surface area contributed by atoms with Crippen molar-refractivity contribution in [2.24, 2.45) is 0 Å².